The van der Waals surface area contributed by atoms with Crippen LogP contribution in [0.4, 0.5) is 18.0 Å². The summed E-state index contributed by atoms with van der Waals surface area (Å²) >= 11 is 0. The molecule has 4 amide bonds. The number of nitrogens with zero attached hydrogens (tertiary/aromatic N) is 2. The zero-order chi connectivity index (χ0) is 50.4. The molecule has 3 N–H and O–H groups in total. The summed E-state index contributed by atoms with van der Waals surface area (Å²) in [6.45, 7) is 11.5. The fraction of sp³-hybridized carbons (Fsp3) is 0.580. The zero-order valence-corrected chi connectivity index (χ0v) is 41.4. The number of alkyl halides is 2. The standard InChI is InChI=1S/C50H64F3N5O10S/c1-10-30-21-29(4)13-11-12-14-32-26-50(32,45(61)57-69(63,64)48(7)19-20-48)56-43(59)39-24-34(27-58(39)44(60)42(30)55-46(62)68-47(5,6)49(8,52)53)67-41-25-37(54-38-23-33(65-9)16-17-35(38)41)31-15-18-40(36(51)22-31)66-28(2)3/h12,14-18,22-23,25,28-30,32,34,39,42H,10-11,13,19-21,24,26-27H2,1-9H3,(H,55,62)(H,56,59)(H,57,61)/b14-12-/t29-,30-,32-,34-,39+,42+,50-/m1/s1. The van der Waals surface area contributed by atoms with Gasteiger partial charge in [-0.2, -0.15) is 0 Å². The molecule has 3 aromatic rings. The minimum atomic E-state index is -4.11. The molecule has 0 unspecified atom stereocenters. The lowest BCUT2D eigenvalue weighted by molar-refractivity contribution is -0.152. The maximum absolute atomic E-state index is 15.4. The second kappa shape index (κ2) is 19.3. The van der Waals surface area contributed by atoms with E-state index in [0.717, 1.165) is 13.8 Å². The molecule has 0 radical (unpaired) electrons. The Hall–Kier alpha value is -5.59. The van der Waals surface area contributed by atoms with Gasteiger partial charge in [0.25, 0.3) is 11.8 Å². The Morgan fingerprint density at radius 2 is 1.77 bits per heavy atom. The molecule has 3 fully saturated rings. The number of fused-ring (bicyclic) bond motifs is 3. The number of hydrogen-bond acceptors (Lipinski definition) is 11. The number of aromatic nitrogens is 1. The van der Waals surface area contributed by atoms with Crippen molar-refractivity contribution in [2.45, 2.75) is 153 Å². The van der Waals surface area contributed by atoms with E-state index in [4.69, 9.17) is 23.9 Å². The Morgan fingerprint density at radius 3 is 2.41 bits per heavy atom. The van der Waals surface area contributed by atoms with Crippen LogP contribution < -0.4 is 29.6 Å². The predicted octanol–water partition coefficient (Wildman–Crippen LogP) is 7.99. The molecule has 4 aliphatic rings. The van der Waals surface area contributed by atoms with Crippen molar-refractivity contribution < 1.29 is 59.7 Å². The molecular weight excluding hydrogens is 920 g/mol. The van der Waals surface area contributed by atoms with Crippen LogP contribution in [0.25, 0.3) is 22.2 Å². The molecule has 7 rings (SSSR count). The molecule has 2 saturated carbocycles. The third kappa shape index (κ3) is 10.9. The van der Waals surface area contributed by atoms with Crippen LogP contribution in [0.15, 0.2) is 54.6 Å². The van der Waals surface area contributed by atoms with Crippen molar-refractivity contribution in [1.29, 1.82) is 0 Å². The minimum Gasteiger partial charge on any atom is -0.497 e. The second-order valence-corrected chi connectivity index (χ2v) is 22.5. The van der Waals surface area contributed by atoms with E-state index in [-0.39, 0.29) is 42.9 Å². The fourth-order valence-electron chi connectivity index (χ4n) is 9.03. The summed E-state index contributed by atoms with van der Waals surface area (Å²) in [6.07, 6.45) is 3.91. The highest BCUT2D eigenvalue weighted by Crippen LogP contribution is 2.48. The van der Waals surface area contributed by atoms with Gasteiger partial charge in [0.2, 0.25) is 21.8 Å². The van der Waals surface area contributed by atoms with Gasteiger partial charge in [-0.25, -0.2) is 31.4 Å². The molecule has 15 nitrogen and oxygen atoms in total. The summed E-state index contributed by atoms with van der Waals surface area (Å²) in [5.74, 6) is -6.78. The number of nitrogens with one attached hydrogen (secondary N) is 3. The Kier molecular flexibility index (Phi) is 14.3. The number of sulfonamides is 1. The molecule has 0 bridgehead atoms. The summed E-state index contributed by atoms with van der Waals surface area (Å²) < 4.78 is 95.6. The predicted molar refractivity (Wildman–Crippen MR) is 252 cm³/mol. The van der Waals surface area contributed by atoms with E-state index in [1.165, 1.54) is 24.1 Å². The maximum Gasteiger partial charge on any atom is 0.408 e. The van der Waals surface area contributed by atoms with Gasteiger partial charge in [-0.1, -0.05) is 32.4 Å². The SMILES string of the molecule is CC[C@@H]1C[C@H](C)CC/C=C\[C@@H]2C[C@@]2(C(=O)NS(=O)(=O)C2(C)CC2)NC(=O)[C@@H]2C[C@@H](Oc3cc(-c4ccc(OC(C)C)c(F)c4)nc4cc(OC)ccc34)CN2C(=O)[C@H]1NC(=O)OC(C)(C)C(C)(F)F. The van der Waals surface area contributed by atoms with Crippen molar-refractivity contribution in [2.24, 2.45) is 17.8 Å². The topological polar surface area (TPSA) is 192 Å². The maximum atomic E-state index is 15.4. The smallest absolute Gasteiger partial charge is 0.408 e. The summed E-state index contributed by atoms with van der Waals surface area (Å²) in [7, 11) is -2.61. The van der Waals surface area contributed by atoms with Gasteiger partial charge in [-0.05, 0) is 115 Å². The first kappa shape index (κ1) is 51.3. The number of allylic oxidation sites excluding steroid dienone is 1. The number of amides is 4. The number of ether oxygens (including phenoxy) is 4. The molecule has 7 atom stereocenters. The van der Waals surface area contributed by atoms with Crippen LogP contribution in [0, 0.1) is 23.6 Å². The first-order valence-electron chi connectivity index (χ1n) is 23.7. The highest BCUT2D eigenvalue weighted by molar-refractivity contribution is 7.91. The molecule has 69 heavy (non-hydrogen) atoms. The lowest BCUT2D eigenvalue weighted by Crippen LogP contribution is -2.60. The average Bonchev–Trinajstić information content (AvgIpc) is 4.15. The largest absolute Gasteiger partial charge is 0.497 e. The van der Waals surface area contributed by atoms with E-state index in [1.54, 1.807) is 51.1 Å². The van der Waals surface area contributed by atoms with E-state index >= 15 is 9.18 Å². The lowest BCUT2D eigenvalue weighted by Gasteiger charge is -2.35. The summed E-state index contributed by atoms with van der Waals surface area (Å²) in [4.78, 5) is 64.0. The Labute approximate surface area is 401 Å². The second-order valence-electron chi connectivity index (χ2n) is 20.3. The number of carbonyl (C=O) groups is 4. The van der Waals surface area contributed by atoms with Gasteiger partial charge in [0.1, 0.15) is 35.2 Å². The molecule has 3 heterocycles. The molecule has 2 aliphatic heterocycles. The van der Waals surface area contributed by atoms with Crippen LogP contribution in [-0.4, -0.2) is 102 Å². The molecule has 1 saturated heterocycles. The van der Waals surface area contributed by atoms with Gasteiger partial charge in [0.15, 0.2) is 17.2 Å². The van der Waals surface area contributed by atoms with E-state index in [0.29, 0.717) is 73.4 Å². The van der Waals surface area contributed by atoms with Crippen molar-refractivity contribution in [1.82, 2.24) is 25.2 Å². The Morgan fingerprint density at radius 1 is 1.04 bits per heavy atom. The molecule has 0 spiro atoms. The first-order chi connectivity index (χ1) is 32.3. The van der Waals surface area contributed by atoms with Crippen LogP contribution in [0.2, 0.25) is 0 Å². The number of carbonyl (C=O) groups excluding carboxylic acids is 4. The van der Waals surface area contributed by atoms with E-state index in [9.17, 15) is 31.6 Å². The quantitative estimate of drug-likeness (QED) is 0.141. The van der Waals surface area contributed by atoms with Crippen molar-refractivity contribution in [3.05, 3.63) is 60.4 Å². The minimum absolute atomic E-state index is 0.0173. The Balaban J connectivity index is 1.28. The fourth-order valence-corrected chi connectivity index (χ4v) is 10.3. The van der Waals surface area contributed by atoms with Gasteiger partial charge < -0.3 is 34.5 Å². The third-order valence-corrected chi connectivity index (χ3v) is 16.3. The lowest BCUT2D eigenvalue weighted by atomic mass is 9.85. The van der Waals surface area contributed by atoms with Crippen LogP contribution in [-0.2, 0) is 29.1 Å². The van der Waals surface area contributed by atoms with Crippen LogP contribution in [0.3, 0.4) is 0 Å². The van der Waals surface area contributed by atoms with Crippen molar-refractivity contribution in [2.75, 3.05) is 13.7 Å². The van der Waals surface area contributed by atoms with Gasteiger partial charge in [0.05, 0.1) is 35.7 Å². The normalized spacial score (nSPS) is 26.7. The van der Waals surface area contributed by atoms with E-state index < -0.39 is 91.5 Å². The number of alkyl carbamates (subject to hydrolysis) is 1. The van der Waals surface area contributed by atoms with Gasteiger partial charge in [-0.3, -0.25) is 19.1 Å². The average molecular weight is 984 g/mol. The van der Waals surface area contributed by atoms with Gasteiger partial charge >= 0.3 is 6.09 Å². The summed E-state index contributed by atoms with van der Waals surface area (Å²) in [5.41, 5.74) is -2.80. The van der Waals surface area contributed by atoms with Gasteiger partial charge in [-0.15, -0.1) is 0 Å². The molecular formula is C50H64F3N5O10S. The van der Waals surface area contributed by atoms with E-state index in [2.05, 4.69) is 15.4 Å². The molecule has 1 aromatic heterocycles. The third-order valence-electron chi connectivity index (χ3n) is 14.1. The van der Waals surface area contributed by atoms with Crippen molar-refractivity contribution >= 4 is 44.7 Å². The van der Waals surface area contributed by atoms with Gasteiger partial charge in [0, 0.05) is 42.3 Å². The summed E-state index contributed by atoms with van der Waals surface area (Å²) in [5, 5.41) is 5.99. The number of methoxy groups -OCH3 is 1. The van der Waals surface area contributed by atoms with Crippen LogP contribution >= 0.6 is 0 Å². The van der Waals surface area contributed by atoms with Crippen LogP contribution in [0.5, 0.6) is 17.2 Å². The first-order valence-corrected chi connectivity index (χ1v) is 25.1. The molecule has 19 heteroatoms. The highest BCUT2D eigenvalue weighted by Gasteiger charge is 2.63. The number of hydrogen-bond donors (Lipinski definition) is 3. The van der Waals surface area contributed by atoms with Crippen molar-refractivity contribution in [3.8, 4) is 28.5 Å². The molecule has 2 aromatic carbocycles. The summed E-state index contributed by atoms with van der Waals surface area (Å²) in [6, 6.07) is 8.47. The Bertz CT molecular complexity index is 2620. The van der Waals surface area contributed by atoms with Crippen molar-refractivity contribution in [3.63, 3.8) is 0 Å². The number of benzene rings is 2. The molecule has 2 aliphatic carbocycles. The van der Waals surface area contributed by atoms with E-state index in [1.807, 2.05) is 26.0 Å². The highest BCUT2D eigenvalue weighted by atomic mass is 32.2. The monoisotopic (exact) mass is 983 g/mol. The number of pyridine rings is 1. The number of rotatable bonds is 13. The number of halogens is 3. The molecule has 376 valence electrons. The zero-order valence-electron chi connectivity index (χ0n) is 40.6. The van der Waals surface area contributed by atoms with Crippen LogP contribution in [0.1, 0.15) is 107 Å².